The number of fused-ring (bicyclic) bond motifs is 8. The van der Waals surface area contributed by atoms with Crippen molar-refractivity contribution in [3.05, 3.63) is 12.2 Å². The summed E-state index contributed by atoms with van der Waals surface area (Å²) in [6.45, 7) is 22.7. The SMILES string of the molecule is CC1CCC2CC1(C1(C)CCC3CC1(C14CC(CC(=O)C1(C)OC(=O)C15C=CC(CC1)C5)C4(C)C)C3(C)C)C2(C)C. The molecule has 10 fully saturated rings. The lowest BCUT2D eigenvalue weighted by Crippen LogP contribution is -2.90. The molecule has 0 amide bonds. The van der Waals surface area contributed by atoms with Gasteiger partial charge in [-0.05, 0) is 133 Å². The first-order chi connectivity index (χ1) is 18.9. The van der Waals surface area contributed by atoms with E-state index in [0.717, 1.165) is 31.6 Å². The van der Waals surface area contributed by atoms with Crippen molar-refractivity contribution in [2.24, 2.45) is 72.9 Å². The third kappa shape index (κ3) is 2.35. The van der Waals surface area contributed by atoms with Crippen molar-refractivity contribution in [2.75, 3.05) is 0 Å². The van der Waals surface area contributed by atoms with Crippen LogP contribution < -0.4 is 0 Å². The largest absolute Gasteiger partial charge is 0.450 e. The Morgan fingerprint density at radius 3 is 1.95 bits per heavy atom. The molecule has 41 heavy (non-hydrogen) atoms. The van der Waals surface area contributed by atoms with Crippen LogP contribution in [0.15, 0.2) is 12.2 Å². The van der Waals surface area contributed by atoms with Gasteiger partial charge in [0.15, 0.2) is 11.4 Å². The van der Waals surface area contributed by atoms with Crippen LogP contribution in [-0.4, -0.2) is 17.4 Å². The maximum Gasteiger partial charge on any atom is 0.316 e. The summed E-state index contributed by atoms with van der Waals surface area (Å²) in [4.78, 5) is 29.0. The number of hydrogen-bond acceptors (Lipinski definition) is 3. The van der Waals surface area contributed by atoms with Gasteiger partial charge in [-0.25, -0.2) is 0 Å². The molecule has 226 valence electrons. The van der Waals surface area contributed by atoms with Crippen LogP contribution in [0.2, 0.25) is 0 Å². The molecule has 0 heterocycles. The Balaban J connectivity index is 1.34. The van der Waals surface area contributed by atoms with E-state index in [9.17, 15) is 9.59 Å². The van der Waals surface area contributed by atoms with Crippen molar-refractivity contribution in [3.8, 4) is 0 Å². The van der Waals surface area contributed by atoms with Crippen molar-refractivity contribution in [1.29, 1.82) is 0 Å². The second kappa shape index (κ2) is 7.22. The number of carbonyl (C=O) groups excluding carboxylic acids is 2. The first-order valence-electron chi connectivity index (χ1n) is 17.4. The van der Waals surface area contributed by atoms with Crippen LogP contribution in [0.4, 0.5) is 0 Å². The zero-order chi connectivity index (χ0) is 29.4. The Hall–Kier alpha value is -1.12. The molecule has 0 aromatic carbocycles. The second-order valence-electron chi connectivity index (χ2n) is 19.1. The minimum atomic E-state index is -1.08. The molecule has 11 rings (SSSR count). The van der Waals surface area contributed by atoms with Crippen LogP contribution in [0, 0.1) is 72.9 Å². The Morgan fingerprint density at radius 2 is 1.41 bits per heavy atom. The fourth-order valence-corrected chi connectivity index (χ4v) is 16.1. The predicted molar refractivity (Wildman–Crippen MR) is 162 cm³/mol. The molecule has 3 heteroatoms. The van der Waals surface area contributed by atoms with Crippen LogP contribution in [0.25, 0.3) is 0 Å². The first kappa shape index (κ1) is 27.4. The summed E-state index contributed by atoms with van der Waals surface area (Å²) >= 11 is 0. The van der Waals surface area contributed by atoms with Gasteiger partial charge in [0.2, 0.25) is 0 Å². The number of hydrogen-bond donors (Lipinski definition) is 0. The van der Waals surface area contributed by atoms with Gasteiger partial charge in [-0.1, -0.05) is 67.5 Å². The van der Waals surface area contributed by atoms with Gasteiger partial charge in [0.05, 0.1) is 5.41 Å². The van der Waals surface area contributed by atoms with Crippen molar-refractivity contribution >= 4 is 11.8 Å². The zero-order valence-corrected chi connectivity index (χ0v) is 27.5. The molecule has 11 atom stereocenters. The van der Waals surface area contributed by atoms with Crippen LogP contribution in [-0.2, 0) is 14.3 Å². The van der Waals surface area contributed by atoms with E-state index in [1.165, 1.54) is 38.5 Å². The fraction of sp³-hybridized carbons (Fsp3) is 0.895. The Bertz CT molecular complexity index is 1290. The molecule has 0 N–H and O–H groups in total. The number of carbonyl (C=O) groups is 2. The molecule has 11 unspecified atom stereocenters. The highest BCUT2D eigenvalue weighted by Crippen LogP contribution is 2.95. The molecule has 8 bridgehead atoms. The quantitative estimate of drug-likeness (QED) is 0.255. The molecule has 0 spiro atoms. The van der Waals surface area contributed by atoms with Gasteiger partial charge >= 0.3 is 5.97 Å². The van der Waals surface area contributed by atoms with Gasteiger partial charge in [0, 0.05) is 11.8 Å². The Kier molecular flexibility index (Phi) is 4.83. The average Bonchev–Trinajstić information content (AvgIpc) is 3.52. The lowest BCUT2D eigenvalue weighted by atomic mass is 9.12. The topological polar surface area (TPSA) is 43.4 Å². The molecule has 3 nitrogen and oxygen atoms in total. The van der Waals surface area contributed by atoms with E-state index in [4.69, 9.17) is 4.74 Å². The van der Waals surface area contributed by atoms with Crippen molar-refractivity contribution < 1.29 is 14.3 Å². The van der Waals surface area contributed by atoms with E-state index in [2.05, 4.69) is 74.5 Å². The molecule has 0 radical (unpaired) electrons. The first-order valence-corrected chi connectivity index (χ1v) is 17.4. The zero-order valence-electron chi connectivity index (χ0n) is 27.5. The summed E-state index contributed by atoms with van der Waals surface area (Å²) in [5.41, 5.74) is -1.27. The van der Waals surface area contributed by atoms with E-state index < -0.39 is 11.0 Å². The summed E-state index contributed by atoms with van der Waals surface area (Å²) in [5, 5.41) is 0. The molecule has 0 aromatic rings. The maximum atomic E-state index is 14.6. The Labute approximate surface area is 249 Å². The van der Waals surface area contributed by atoms with E-state index >= 15 is 0 Å². The summed E-state index contributed by atoms with van der Waals surface area (Å²) < 4.78 is 6.99. The number of Topliss-reactive ketones (excluding diaryl/α,β-unsaturated/α-hetero) is 1. The minimum absolute atomic E-state index is 0.0454. The van der Waals surface area contributed by atoms with Crippen molar-refractivity contribution in [1.82, 2.24) is 0 Å². The van der Waals surface area contributed by atoms with Gasteiger partial charge in [-0.15, -0.1) is 0 Å². The molecule has 11 aliphatic rings. The smallest absolute Gasteiger partial charge is 0.316 e. The third-order valence-electron chi connectivity index (χ3n) is 18.3. The monoisotopic (exact) mass is 560 g/mol. The lowest BCUT2D eigenvalue weighted by molar-refractivity contribution is -0.450. The van der Waals surface area contributed by atoms with Gasteiger partial charge in [-0.2, -0.15) is 0 Å². The fourth-order valence-electron chi connectivity index (χ4n) is 16.1. The molecule has 0 aromatic heterocycles. The van der Waals surface area contributed by atoms with Gasteiger partial charge in [0.25, 0.3) is 0 Å². The highest BCUT2D eigenvalue weighted by atomic mass is 16.6. The Morgan fingerprint density at radius 1 is 0.756 bits per heavy atom. The van der Waals surface area contributed by atoms with Crippen molar-refractivity contribution in [2.45, 2.75) is 139 Å². The average molecular weight is 561 g/mol. The van der Waals surface area contributed by atoms with E-state index in [-0.39, 0.29) is 44.2 Å². The summed E-state index contributed by atoms with van der Waals surface area (Å²) in [6, 6.07) is 0. The highest BCUT2D eigenvalue weighted by molar-refractivity contribution is 5.94. The minimum Gasteiger partial charge on any atom is -0.450 e. The van der Waals surface area contributed by atoms with Crippen LogP contribution >= 0.6 is 0 Å². The second-order valence-corrected chi connectivity index (χ2v) is 19.1. The molecule has 0 aliphatic heterocycles. The van der Waals surface area contributed by atoms with E-state index in [0.29, 0.717) is 35.5 Å². The van der Waals surface area contributed by atoms with Gasteiger partial charge in [-0.3, -0.25) is 9.59 Å². The predicted octanol–water partition coefficient (Wildman–Crippen LogP) is 8.94. The molecular formula is C38H56O3. The third-order valence-corrected chi connectivity index (χ3v) is 18.3. The highest BCUT2D eigenvalue weighted by Gasteiger charge is 2.92. The lowest BCUT2D eigenvalue weighted by Gasteiger charge is -2.92. The molecule has 0 saturated heterocycles. The standard InChI is InChI=1S/C38H56O3/c1-23-10-11-25-20-36(23,30(25,2)3)33(8)15-14-26-21-37(33,31(26,4)5)38-22-27(32(38,6)7)18-28(39)34(38,9)41-29(40)35-16-12-24(19-35)13-17-35/h12,16,23-27H,10-11,13-15,17-22H2,1-9H3. The summed E-state index contributed by atoms with van der Waals surface area (Å²) in [5.74, 6) is 3.20. The van der Waals surface area contributed by atoms with E-state index in [1.807, 2.05) is 0 Å². The molecule has 11 aliphatic carbocycles. The maximum absolute atomic E-state index is 14.6. The summed E-state index contributed by atoms with van der Waals surface area (Å²) in [7, 11) is 0. The number of allylic oxidation sites excluding steroid dienone is 1. The van der Waals surface area contributed by atoms with Gasteiger partial charge < -0.3 is 4.74 Å². The summed E-state index contributed by atoms with van der Waals surface area (Å²) in [6.07, 6.45) is 16.6. The van der Waals surface area contributed by atoms with Crippen LogP contribution in [0.3, 0.4) is 0 Å². The van der Waals surface area contributed by atoms with Crippen LogP contribution in [0.5, 0.6) is 0 Å². The number of ether oxygens (including phenoxy) is 1. The number of rotatable bonds is 4. The van der Waals surface area contributed by atoms with Crippen LogP contribution in [0.1, 0.15) is 133 Å². The molecule has 10 saturated carbocycles. The molecular weight excluding hydrogens is 504 g/mol. The number of ketones is 1. The van der Waals surface area contributed by atoms with E-state index in [1.54, 1.807) is 0 Å². The van der Waals surface area contributed by atoms with Gasteiger partial charge in [0.1, 0.15) is 0 Å². The van der Waals surface area contributed by atoms with Crippen molar-refractivity contribution in [3.63, 3.8) is 0 Å². The normalized spacial score (nSPS) is 57.8. The number of esters is 1.